The first-order chi connectivity index (χ1) is 6.81. The Labute approximate surface area is 84.6 Å². The Morgan fingerprint density at radius 1 is 1.21 bits per heavy atom. The minimum absolute atomic E-state index is 0.136. The van der Waals surface area contributed by atoms with Crippen molar-refractivity contribution in [1.82, 2.24) is 0 Å². The smallest absolute Gasteiger partial charge is 0.305 e. The monoisotopic (exact) mass is 202 g/mol. The Balaban J connectivity index is 3.10. The van der Waals surface area contributed by atoms with Gasteiger partial charge >= 0.3 is 5.97 Å². The standard InChI is InChI=1S/C10H18O4/c1-2-7-14-10(12)6-4-3-5-8-13-9-11/h9H,2-8H2,1H3. The largest absolute Gasteiger partial charge is 0.468 e. The lowest BCUT2D eigenvalue weighted by molar-refractivity contribution is -0.143. The Bertz CT molecular complexity index is 156. The van der Waals surface area contributed by atoms with Crippen molar-refractivity contribution in [3.63, 3.8) is 0 Å². The molecule has 0 N–H and O–H groups in total. The highest BCUT2D eigenvalue weighted by atomic mass is 16.5. The summed E-state index contributed by atoms with van der Waals surface area (Å²) in [7, 11) is 0. The first kappa shape index (κ1) is 12.9. The second-order valence-corrected chi connectivity index (χ2v) is 3.00. The van der Waals surface area contributed by atoms with Crippen LogP contribution in [-0.2, 0) is 19.1 Å². The molecule has 0 aliphatic carbocycles. The van der Waals surface area contributed by atoms with Crippen LogP contribution in [-0.4, -0.2) is 25.7 Å². The maximum Gasteiger partial charge on any atom is 0.305 e. The van der Waals surface area contributed by atoms with E-state index < -0.39 is 0 Å². The molecular weight excluding hydrogens is 184 g/mol. The van der Waals surface area contributed by atoms with Crippen LogP contribution < -0.4 is 0 Å². The summed E-state index contributed by atoms with van der Waals surface area (Å²) < 4.78 is 9.40. The molecule has 0 aromatic rings. The van der Waals surface area contributed by atoms with Crippen LogP contribution in [0.2, 0.25) is 0 Å². The van der Waals surface area contributed by atoms with Crippen LogP contribution in [0.1, 0.15) is 39.0 Å². The summed E-state index contributed by atoms with van der Waals surface area (Å²) in [6.07, 6.45) is 3.81. The number of carbonyl (C=O) groups is 2. The molecule has 0 amide bonds. The summed E-state index contributed by atoms with van der Waals surface area (Å²) in [5.74, 6) is -0.136. The van der Waals surface area contributed by atoms with E-state index in [9.17, 15) is 9.59 Å². The van der Waals surface area contributed by atoms with Crippen molar-refractivity contribution in [3.05, 3.63) is 0 Å². The Morgan fingerprint density at radius 3 is 2.64 bits per heavy atom. The first-order valence-corrected chi connectivity index (χ1v) is 5.02. The molecule has 0 aliphatic rings. The minimum Gasteiger partial charge on any atom is -0.468 e. The lowest BCUT2D eigenvalue weighted by Crippen LogP contribution is -2.04. The fraction of sp³-hybridized carbons (Fsp3) is 0.800. The van der Waals surface area contributed by atoms with Crippen molar-refractivity contribution in [3.8, 4) is 0 Å². The van der Waals surface area contributed by atoms with Crippen LogP contribution in [0.15, 0.2) is 0 Å². The Morgan fingerprint density at radius 2 is 2.00 bits per heavy atom. The normalized spacial score (nSPS) is 9.50. The van der Waals surface area contributed by atoms with Gasteiger partial charge in [0.25, 0.3) is 6.47 Å². The van der Waals surface area contributed by atoms with Crippen LogP contribution in [0.5, 0.6) is 0 Å². The van der Waals surface area contributed by atoms with Crippen LogP contribution >= 0.6 is 0 Å². The second-order valence-electron chi connectivity index (χ2n) is 3.00. The Kier molecular flexibility index (Phi) is 9.26. The van der Waals surface area contributed by atoms with E-state index in [0.29, 0.717) is 26.1 Å². The minimum atomic E-state index is -0.136. The predicted molar refractivity (Wildman–Crippen MR) is 51.7 cm³/mol. The fourth-order valence-corrected chi connectivity index (χ4v) is 0.968. The highest BCUT2D eigenvalue weighted by Crippen LogP contribution is 2.01. The predicted octanol–water partition coefficient (Wildman–Crippen LogP) is 1.67. The molecule has 0 atom stereocenters. The molecular formula is C10H18O4. The SMILES string of the molecule is CCCOC(=O)CCCCCOC=O. The van der Waals surface area contributed by atoms with Crippen molar-refractivity contribution in [2.45, 2.75) is 39.0 Å². The number of rotatable bonds is 9. The van der Waals surface area contributed by atoms with Gasteiger partial charge < -0.3 is 9.47 Å². The highest BCUT2D eigenvalue weighted by molar-refractivity contribution is 5.69. The van der Waals surface area contributed by atoms with E-state index >= 15 is 0 Å². The number of hydrogen-bond donors (Lipinski definition) is 0. The van der Waals surface area contributed by atoms with Gasteiger partial charge in [-0.3, -0.25) is 9.59 Å². The van der Waals surface area contributed by atoms with Gasteiger partial charge in [0.1, 0.15) is 0 Å². The second kappa shape index (κ2) is 10.0. The molecule has 4 nitrogen and oxygen atoms in total. The molecule has 82 valence electrons. The maximum absolute atomic E-state index is 11.0. The lowest BCUT2D eigenvalue weighted by Gasteiger charge is -2.02. The molecule has 0 aromatic heterocycles. The van der Waals surface area contributed by atoms with Gasteiger partial charge in [0.2, 0.25) is 0 Å². The molecule has 14 heavy (non-hydrogen) atoms. The summed E-state index contributed by atoms with van der Waals surface area (Å²) in [6.45, 7) is 3.35. The van der Waals surface area contributed by atoms with Crippen LogP contribution in [0.25, 0.3) is 0 Å². The quantitative estimate of drug-likeness (QED) is 0.324. The average molecular weight is 202 g/mol. The third-order valence-corrected chi connectivity index (χ3v) is 1.68. The van der Waals surface area contributed by atoms with E-state index in [1.165, 1.54) is 0 Å². The lowest BCUT2D eigenvalue weighted by atomic mass is 10.2. The number of esters is 1. The first-order valence-electron chi connectivity index (χ1n) is 5.02. The fourth-order valence-electron chi connectivity index (χ4n) is 0.968. The summed E-state index contributed by atoms with van der Waals surface area (Å²) in [5, 5.41) is 0. The van der Waals surface area contributed by atoms with E-state index in [4.69, 9.17) is 4.74 Å². The number of unbranched alkanes of at least 4 members (excludes halogenated alkanes) is 2. The maximum atomic E-state index is 11.0. The van der Waals surface area contributed by atoms with Gasteiger partial charge in [0, 0.05) is 6.42 Å². The number of ether oxygens (including phenoxy) is 2. The molecule has 0 bridgehead atoms. The average Bonchev–Trinajstić information content (AvgIpc) is 2.20. The van der Waals surface area contributed by atoms with Crippen LogP contribution in [0.3, 0.4) is 0 Å². The molecule has 0 radical (unpaired) electrons. The molecule has 0 aliphatic heterocycles. The van der Waals surface area contributed by atoms with Crippen molar-refractivity contribution >= 4 is 12.4 Å². The highest BCUT2D eigenvalue weighted by Gasteiger charge is 2.00. The van der Waals surface area contributed by atoms with Gasteiger partial charge in [-0.1, -0.05) is 6.92 Å². The van der Waals surface area contributed by atoms with Gasteiger partial charge in [-0.05, 0) is 25.7 Å². The third kappa shape index (κ3) is 9.03. The Hall–Kier alpha value is -1.06. The van der Waals surface area contributed by atoms with Gasteiger partial charge in [-0.15, -0.1) is 0 Å². The summed E-state index contributed by atoms with van der Waals surface area (Å²) >= 11 is 0. The van der Waals surface area contributed by atoms with Crippen molar-refractivity contribution in [2.75, 3.05) is 13.2 Å². The van der Waals surface area contributed by atoms with Gasteiger partial charge in [0.05, 0.1) is 13.2 Å². The van der Waals surface area contributed by atoms with E-state index in [0.717, 1.165) is 25.7 Å². The van der Waals surface area contributed by atoms with Crippen LogP contribution in [0.4, 0.5) is 0 Å². The van der Waals surface area contributed by atoms with Crippen molar-refractivity contribution in [2.24, 2.45) is 0 Å². The number of hydrogen-bond acceptors (Lipinski definition) is 4. The number of carbonyl (C=O) groups excluding carboxylic acids is 2. The summed E-state index contributed by atoms with van der Waals surface area (Å²) in [4.78, 5) is 20.7. The molecule has 0 spiro atoms. The van der Waals surface area contributed by atoms with E-state index in [2.05, 4.69) is 4.74 Å². The summed E-state index contributed by atoms with van der Waals surface area (Å²) in [5.41, 5.74) is 0. The van der Waals surface area contributed by atoms with E-state index in [-0.39, 0.29) is 5.97 Å². The van der Waals surface area contributed by atoms with Gasteiger partial charge in [-0.25, -0.2) is 0 Å². The van der Waals surface area contributed by atoms with Gasteiger partial charge in [-0.2, -0.15) is 0 Å². The zero-order valence-corrected chi connectivity index (χ0v) is 8.66. The molecule has 0 unspecified atom stereocenters. The zero-order chi connectivity index (χ0) is 10.6. The zero-order valence-electron chi connectivity index (χ0n) is 8.66. The van der Waals surface area contributed by atoms with Crippen molar-refractivity contribution < 1.29 is 19.1 Å². The van der Waals surface area contributed by atoms with Crippen LogP contribution in [0, 0.1) is 0 Å². The van der Waals surface area contributed by atoms with E-state index in [1.54, 1.807) is 0 Å². The van der Waals surface area contributed by atoms with E-state index in [1.807, 2.05) is 6.92 Å². The molecule has 0 rings (SSSR count). The molecule has 4 heteroatoms. The molecule has 0 aromatic carbocycles. The molecule has 0 saturated heterocycles. The van der Waals surface area contributed by atoms with Crippen molar-refractivity contribution in [1.29, 1.82) is 0 Å². The topological polar surface area (TPSA) is 52.6 Å². The molecule has 0 fully saturated rings. The summed E-state index contributed by atoms with van der Waals surface area (Å²) in [6, 6.07) is 0. The third-order valence-electron chi connectivity index (χ3n) is 1.68. The molecule has 0 saturated carbocycles. The molecule has 0 heterocycles. The van der Waals surface area contributed by atoms with Gasteiger partial charge in [0.15, 0.2) is 0 Å².